The van der Waals surface area contributed by atoms with E-state index in [0.717, 1.165) is 23.9 Å². The van der Waals surface area contributed by atoms with Crippen LogP contribution in [-0.2, 0) is 18.1 Å². The van der Waals surface area contributed by atoms with Gasteiger partial charge in [-0.2, -0.15) is 8.42 Å². The van der Waals surface area contributed by atoms with Gasteiger partial charge in [0.25, 0.3) is 0 Å². The van der Waals surface area contributed by atoms with Gasteiger partial charge in [-0.3, -0.25) is 4.99 Å². The lowest BCUT2D eigenvalue weighted by Crippen LogP contribution is -2.14. The van der Waals surface area contributed by atoms with Gasteiger partial charge in [-0.05, 0) is 24.6 Å². The van der Waals surface area contributed by atoms with Gasteiger partial charge < -0.3 is 4.90 Å². The minimum absolute atomic E-state index is 0.750. The molecule has 0 amide bonds. The summed E-state index contributed by atoms with van der Waals surface area (Å²) in [5.41, 5.74) is 3.59. The average molecular weight is 302 g/mol. The Hall–Kier alpha value is -2.41. The van der Waals surface area contributed by atoms with E-state index in [-0.39, 0.29) is 0 Å². The maximum atomic E-state index is 8.29. The second-order valence-electron chi connectivity index (χ2n) is 4.41. The Morgan fingerprint density at radius 1 is 1.24 bits per heavy atom. The summed E-state index contributed by atoms with van der Waals surface area (Å²) < 4.78 is 16.6. The predicted octanol–water partition coefficient (Wildman–Crippen LogP) is 1.82. The molecule has 0 bridgehead atoms. The molecular formula is C14H14N4O2S. The van der Waals surface area contributed by atoms with E-state index in [1.54, 1.807) is 6.20 Å². The topological polar surface area (TPSA) is 75.5 Å². The number of nitrogens with zero attached hydrogens (tertiary/aromatic N) is 4. The van der Waals surface area contributed by atoms with Crippen molar-refractivity contribution in [1.29, 1.82) is 0 Å². The molecule has 2 heterocycles. The maximum absolute atomic E-state index is 8.29. The summed E-state index contributed by atoms with van der Waals surface area (Å²) in [7, 11) is 2.02. The highest BCUT2D eigenvalue weighted by Gasteiger charge is 2.15. The van der Waals surface area contributed by atoms with E-state index >= 15 is 0 Å². The first-order chi connectivity index (χ1) is 10.2. The highest BCUT2D eigenvalue weighted by molar-refractivity contribution is 7.51. The third-order valence-electron chi connectivity index (χ3n) is 3.12. The standard InChI is InChI=1S/C14H14N4.O2S/c1-10-16-7-6-14(17-10)18(2)13-5-3-4-11-8-15-9-12(11)13;1-3-2/h3-7,9H,8H2,1-2H3;. The van der Waals surface area contributed by atoms with Crippen LogP contribution in [-0.4, -0.2) is 31.6 Å². The number of benzene rings is 1. The van der Waals surface area contributed by atoms with Crippen LogP contribution in [0.15, 0.2) is 35.5 Å². The molecule has 0 saturated heterocycles. The Morgan fingerprint density at radius 2 is 2.00 bits per heavy atom. The highest BCUT2D eigenvalue weighted by Crippen LogP contribution is 2.29. The molecular weight excluding hydrogens is 288 g/mol. The normalized spacial score (nSPS) is 11.3. The summed E-state index contributed by atoms with van der Waals surface area (Å²) >= 11 is -0.750. The quantitative estimate of drug-likeness (QED) is 0.845. The van der Waals surface area contributed by atoms with Crippen LogP contribution in [0.4, 0.5) is 11.5 Å². The van der Waals surface area contributed by atoms with E-state index < -0.39 is 11.6 Å². The molecule has 1 aliphatic heterocycles. The molecule has 108 valence electrons. The van der Waals surface area contributed by atoms with Gasteiger partial charge in [-0.15, -0.1) is 0 Å². The maximum Gasteiger partial charge on any atom is 0.335 e. The summed E-state index contributed by atoms with van der Waals surface area (Å²) in [4.78, 5) is 15.0. The number of aryl methyl sites for hydroxylation is 1. The fourth-order valence-electron chi connectivity index (χ4n) is 2.17. The Bertz CT molecular complexity index is 712. The fraction of sp³-hybridized carbons (Fsp3) is 0.214. The molecule has 3 rings (SSSR count). The van der Waals surface area contributed by atoms with Crippen LogP contribution >= 0.6 is 0 Å². The molecule has 0 unspecified atom stereocenters. The molecule has 0 saturated carbocycles. The van der Waals surface area contributed by atoms with Crippen LogP contribution in [0.2, 0.25) is 0 Å². The van der Waals surface area contributed by atoms with E-state index in [0.29, 0.717) is 0 Å². The van der Waals surface area contributed by atoms with Crippen molar-refractivity contribution in [1.82, 2.24) is 9.97 Å². The van der Waals surface area contributed by atoms with Gasteiger partial charge in [0.05, 0.1) is 12.2 Å². The number of anilines is 2. The second kappa shape index (κ2) is 6.85. The molecule has 0 N–H and O–H groups in total. The molecule has 21 heavy (non-hydrogen) atoms. The lowest BCUT2D eigenvalue weighted by atomic mass is 10.1. The van der Waals surface area contributed by atoms with Gasteiger partial charge in [0.15, 0.2) is 0 Å². The molecule has 1 aliphatic rings. The van der Waals surface area contributed by atoms with Crippen molar-refractivity contribution in [2.24, 2.45) is 4.99 Å². The smallest absolute Gasteiger partial charge is 0.329 e. The third kappa shape index (κ3) is 3.38. The zero-order valence-corrected chi connectivity index (χ0v) is 12.5. The highest BCUT2D eigenvalue weighted by atomic mass is 32.1. The average Bonchev–Trinajstić information content (AvgIpc) is 2.95. The number of rotatable bonds is 2. The summed E-state index contributed by atoms with van der Waals surface area (Å²) in [6.07, 6.45) is 3.72. The number of hydrogen-bond acceptors (Lipinski definition) is 6. The van der Waals surface area contributed by atoms with Crippen molar-refractivity contribution in [2.75, 3.05) is 11.9 Å². The van der Waals surface area contributed by atoms with Crippen LogP contribution in [0.1, 0.15) is 17.0 Å². The SMILES string of the molecule is Cc1nccc(N(C)c2cccc3c2C=NC3)n1.O=S=O. The van der Waals surface area contributed by atoms with Gasteiger partial charge in [-0.1, -0.05) is 12.1 Å². The Morgan fingerprint density at radius 3 is 2.71 bits per heavy atom. The minimum atomic E-state index is -0.750. The van der Waals surface area contributed by atoms with Crippen molar-refractivity contribution in [3.05, 3.63) is 47.4 Å². The van der Waals surface area contributed by atoms with Crippen LogP contribution in [0.25, 0.3) is 0 Å². The lowest BCUT2D eigenvalue weighted by Gasteiger charge is -2.20. The largest absolute Gasteiger partial charge is 0.335 e. The van der Waals surface area contributed by atoms with Crippen molar-refractivity contribution in [3.63, 3.8) is 0 Å². The molecule has 7 heteroatoms. The predicted molar refractivity (Wildman–Crippen MR) is 81.5 cm³/mol. The van der Waals surface area contributed by atoms with Crippen LogP contribution in [0, 0.1) is 6.92 Å². The second-order valence-corrected chi connectivity index (χ2v) is 4.54. The number of hydrogen-bond donors (Lipinski definition) is 0. The first-order valence-corrected chi connectivity index (χ1v) is 6.91. The number of fused-ring (bicyclic) bond motifs is 1. The summed E-state index contributed by atoms with van der Waals surface area (Å²) in [6.45, 7) is 2.67. The van der Waals surface area contributed by atoms with E-state index in [1.165, 1.54) is 11.1 Å². The van der Waals surface area contributed by atoms with Crippen LogP contribution in [0.5, 0.6) is 0 Å². The molecule has 1 aromatic carbocycles. The zero-order chi connectivity index (χ0) is 15.2. The lowest BCUT2D eigenvalue weighted by molar-refractivity contribution is 0.630. The van der Waals surface area contributed by atoms with Crippen LogP contribution < -0.4 is 4.90 Å². The van der Waals surface area contributed by atoms with Gasteiger partial charge >= 0.3 is 11.6 Å². The Kier molecular flexibility index (Phi) is 4.89. The summed E-state index contributed by atoms with van der Waals surface area (Å²) in [5.74, 6) is 1.68. The number of aliphatic imine (C=N–C) groups is 1. The molecule has 2 aromatic rings. The van der Waals surface area contributed by atoms with Crippen molar-refractivity contribution >= 4 is 29.3 Å². The monoisotopic (exact) mass is 302 g/mol. The van der Waals surface area contributed by atoms with Gasteiger partial charge in [0, 0.05) is 25.0 Å². The van der Waals surface area contributed by atoms with Crippen molar-refractivity contribution in [3.8, 4) is 0 Å². The first-order valence-electron chi connectivity index (χ1n) is 6.24. The zero-order valence-electron chi connectivity index (χ0n) is 11.7. The molecule has 6 nitrogen and oxygen atoms in total. The molecule has 0 atom stereocenters. The summed E-state index contributed by atoms with van der Waals surface area (Å²) in [5, 5.41) is 0. The fourth-order valence-corrected chi connectivity index (χ4v) is 2.17. The Labute approximate surface area is 126 Å². The third-order valence-corrected chi connectivity index (χ3v) is 3.12. The summed E-state index contributed by atoms with van der Waals surface area (Å²) in [6, 6.07) is 8.18. The van der Waals surface area contributed by atoms with E-state index in [2.05, 4.69) is 38.1 Å². The van der Waals surface area contributed by atoms with Gasteiger partial charge in [-0.25, -0.2) is 9.97 Å². The van der Waals surface area contributed by atoms with Crippen molar-refractivity contribution < 1.29 is 8.42 Å². The molecule has 1 aromatic heterocycles. The van der Waals surface area contributed by atoms with Gasteiger partial charge in [0.2, 0.25) is 0 Å². The number of aromatic nitrogens is 2. The van der Waals surface area contributed by atoms with E-state index in [9.17, 15) is 0 Å². The first kappa shape index (κ1) is 15.0. The minimum Gasteiger partial charge on any atom is -0.329 e. The molecule has 0 radical (unpaired) electrons. The van der Waals surface area contributed by atoms with Crippen molar-refractivity contribution in [2.45, 2.75) is 13.5 Å². The molecule has 0 fully saturated rings. The Balaban J connectivity index is 0.000000497. The molecule has 0 spiro atoms. The van der Waals surface area contributed by atoms with E-state index in [4.69, 9.17) is 8.42 Å². The van der Waals surface area contributed by atoms with E-state index in [1.807, 2.05) is 26.3 Å². The molecule has 0 aliphatic carbocycles. The van der Waals surface area contributed by atoms with Crippen LogP contribution in [0.3, 0.4) is 0 Å². The van der Waals surface area contributed by atoms with Gasteiger partial charge in [0.1, 0.15) is 11.6 Å².